The molecule has 2 aliphatic heterocycles. The van der Waals surface area contributed by atoms with Crippen molar-refractivity contribution in [1.82, 2.24) is 4.90 Å². The van der Waals surface area contributed by atoms with E-state index in [9.17, 15) is 4.79 Å². The van der Waals surface area contributed by atoms with Crippen molar-refractivity contribution in [2.75, 3.05) is 32.0 Å². The molecule has 92 valence electrons. The van der Waals surface area contributed by atoms with Crippen LogP contribution >= 0.6 is 11.3 Å². The van der Waals surface area contributed by atoms with Crippen molar-refractivity contribution < 1.29 is 14.3 Å². The second kappa shape index (κ2) is 3.97. The Morgan fingerprint density at radius 3 is 2.88 bits per heavy atom. The molecule has 2 fully saturated rings. The summed E-state index contributed by atoms with van der Waals surface area (Å²) >= 11 is 1.38. The molecule has 0 saturated carbocycles. The molecular weight excluding hydrogens is 240 g/mol. The van der Waals surface area contributed by atoms with Crippen LogP contribution in [0.2, 0.25) is 0 Å². The summed E-state index contributed by atoms with van der Waals surface area (Å²) in [6, 6.07) is 1.72. The predicted octanol–water partition coefficient (Wildman–Crippen LogP) is 0.919. The molecule has 3 heterocycles. The highest BCUT2D eigenvalue weighted by atomic mass is 32.1. The van der Waals surface area contributed by atoms with E-state index in [0.717, 1.165) is 6.42 Å². The van der Waals surface area contributed by atoms with E-state index in [2.05, 4.69) is 0 Å². The summed E-state index contributed by atoms with van der Waals surface area (Å²) < 4.78 is 11.2. The van der Waals surface area contributed by atoms with Crippen LogP contribution in [0.25, 0.3) is 0 Å². The van der Waals surface area contributed by atoms with Gasteiger partial charge < -0.3 is 20.1 Å². The van der Waals surface area contributed by atoms with Gasteiger partial charge in [-0.05, 0) is 6.07 Å². The van der Waals surface area contributed by atoms with E-state index < -0.39 is 5.79 Å². The molecular formula is C11H14N2O3S. The summed E-state index contributed by atoms with van der Waals surface area (Å²) in [6.07, 6.45) is 0.750. The number of nitrogens with zero attached hydrogens (tertiary/aromatic N) is 1. The summed E-state index contributed by atoms with van der Waals surface area (Å²) in [5, 5.41) is 1.78. The molecule has 1 aromatic heterocycles. The van der Waals surface area contributed by atoms with E-state index in [4.69, 9.17) is 15.2 Å². The van der Waals surface area contributed by atoms with Gasteiger partial charge in [-0.3, -0.25) is 4.79 Å². The lowest BCUT2D eigenvalue weighted by atomic mass is 10.2. The van der Waals surface area contributed by atoms with Crippen LogP contribution in [-0.2, 0) is 9.47 Å². The van der Waals surface area contributed by atoms with Gasteiger partial charge in [-0.1, -0.05) is 0 Å². The quantitative estimate of drug-likeness (QED) is 0.809. The summed E-state index contributed by atoms with van der Waals surface area (Å²) in [6.45, 7) is 2.43. The molecule has 1 spiro atoms. The molecule has 2 N–H and O–H groups in total. The van der Waals surface area contributed by atoms with Crippen molar-refractivity contribution in [2.45, 2.75) is 12.2 Å². The van der Waals surface area contributed by atoms with Crippen molar-refractivity contribution >= 4 is 22.9 Å². The van der Waals surface area contributed by atoms with E-state index in [0.29, 0.717) is 36.9 Å². The van der Waals surface area contributed by atoms with Crippen molar-refractivity contribution in [3.8, 4) is 0 Å². The van der Waals surface area contributed by atoms with Gasteiger partial charge in [0.25, 0.3) is 5.91 Å². The molecule has 3 rings (SSSR count). The average Bonchev–Trinajstić information content (AvgIpc) is 3.02. The Morgan fingerprint density at radius 2 is 2.24 bits per heavy atom. The normalized spacial score (nSPS) is 22.5. The number of rotatable bonds is 1. The van der Waals surface area contributed by atoms with Crippen LogP contribution in [0.4, 0.5) is 5.69 Å². The van der Waals surface area contributed by atoms with Gasteiger partial charge in [0.15, 0.2) is 5.79 Å². The minimum absolute atomic E-state index is 0.0164. The summed E-state index contributed by atoms with van der Waals surface area (Å²) in [4.78, 5) is 14.6. The Labute approximate surface area is 103 Å². The topological polar surface area (TPSA) is 64.8 Å². The number of anilines is 1. The number of hydrogen-bond acceptors (Lipinski definition) is 5. The summed E-state index contributed by atoms with van der Waals surface area (Å²) in [5.41, 5.74) is 6.26. The molecule has 17 heavy (non-hydrogen) atoms. The SMILES string of the molecule is Nc1csc(C(=O)N2CCC3(C2)OCCO3)c1. The zero-order valence-electron chi connectivity index (χ0n) is 9.35. The third-order valence-electron chi connectivity index (χ3n) is 3.13. The first kappa shape index (κ1) is 11.0. The van der Waals surface area contributed by atoms with Crippen molar-refractivity contribution in [2.24, 2.45) is 0 Å². The van der Waals surface area contributed by atoms with Gasteiger partial charge in [-0.25, -0.2) is 0 Å². The maximum atomic E-state index is 12.2. The highest BCUT2D eigenvalue weighted by Crippen LogP contribution is 2.32. The van der Waals surface area contributed by atoms with Crippen LogP contribution in [0.3, 0.4) is 0 Å². The van der Waals surface area contributed by atoms with Gasteiger partial charge >= 0.3 is 0 Å². The fourth-order valence-corrected chi connectivity index (χ4v) is 3.04. The molecule has 0 atom stereocenters. The maximum Gasteiger partial charge on any atom is 0.264 e. The zero-order chi connectivity index (χ0) is 11.9. The van der Waals surface area contributed by atoms with Gasteiger partial charge in [-0.2, -0.15) is 0 Å². The number of likely N-dealkylation sites (tertiary alicyclic amines) is 1. The lowest BCUT2D eigenvalue weighted by Crippen LogP contribution is -2.36. The number of carbonyl (C=O) groups excluding carboxylic acids is 1. The molecule has 2 saturated heterocycles. The van der Waals surface area contributed by atoms with Gasteiger partial charge in [0.2, 0.25) is 0 Å². The largest absolute Gasteiger partial charge is 0.398 e. The molecule has 0 bridgehead atoms. The minimum atomic E-state index is -0.543. The third-order valence-corrected chi connectivity index (χ3v) is 4.06. The highest BCUT2D eigenvalue weighted by molar-refractivity contribution is 7.12. The molecule has 0 unspecified atom stereocenters. The second-order valence-electron chi connectivity index (χ2n) is 4.33. The van der Waals surface area contributed by atoms with Gasteiger partial charge in [-0.15, -0.1) is 11.3 Å². The molecule has 1 aromatic rings. The highest BCUT2D eigenvalue weighted by Gasteiger charge is 2.45. The molecule has 5 nitrogen and oxygen atoms in total. The minimum Gasteiger partial charge on any atom is -0.398 e. The molecule has 0 aromatic carbocycles. The number of amides is 1. The first-order valence-electron chi connectivity index (χ1n) is 5.60. The van der Waals surface area contributed by atoms with Crippen molar-refractivity contribution in [3.63, 3.8) is 0 Å². The average molecular weight is 254 g/mol. The Morgan fingerprint density at radius 1 is 1.47 bits per heavy atom. The Hall–Kier alpha value is -1.11. The van der Waals surface area contributed by atoms with E-state index in [1.165, 1.54) is 11.3 Å². The summed E-state index contributed by atoms with van der Waals surface area (Å²) in [5.74, 6) is -0.527. The zero-order valence-corrected chi connectivity index (χ0v) is 10.2. The standard InChI is InChI=1S/C11H14N2O3S/c12-8-5-9(17-6-8)10(14)13-2-1-11(7-13)15-3-4-16-11/h5-6H,1-4,7,12H2. The van der Waals surface area contributed by atoms with E-state index in [1.54, 1.807) is 16.3 Å². The fraction of sp³-hybridized carbons (Fsp3) is 0.545. The molecule has 0 aliphatic carbocycles. The number of thiophene rings is 1. The third kappa shape index (κ3) is 1.92. The molecule has 0 radical (unpaired) electrons. The number of nitrogen functional groups attached to an aromatic ring is 1. The van der Waals surface area contributed by atoms with Crippen LogP contribution in [0.1, 0.15) is 16.1 Å². The first-order valence-corrected chi connectivity index (χ1v) is 6.48. The van der Waals surface area contributed by atoms with Gasteiger partial charge in [0.1, 0.15) is 0 Å². The smallest absolute Gasteiger partial charge is 0.264 e. The number of carbonyl (C=O) groups is 1. The number of nitrogens with two attached hydrogens (primary N) is 1. The Balaban J connectivity index is 1.72. The Bertz CT molecular complexity index is 440. The molecule has 2 aliphatic rings. The van der Waals surface area contributed by atoms with Crippen LogP contribution in [0.5, 0.6) is 0 Å². The first-order chi connectivity index (χ1) is 8.19. The maximum absolute atomic E-state index is 12.2. The monoisotopic (exact) mass is 254 g/mol. The van der Waals surface area contributed by atoms with Crippen LogP contribution in [0, 0.1) is 0 Å². The lowest BCUT2D eigenvalue weighted by Gasteiger charge is -2.21. The summed E-state index contributed by atoms with van der Waals surface area (Å²) in [7, 11) is 0. The molecule has 1 amide bonds. The molecule has 6 heteroatoms. The Kier molecular flexibility index (Phi) is 2.57. The fourth-order valence-electron chi connectivity index (χ4n) is 2.28. The van der Waals surface area contributed by atoms with Gasteiger partial charge in [0.05, 0.1) is 24.6 Å². The van der Waals surface area contributed by atoms with E-state index >= 15 is 0 Å². The predicted molar refractivity (Wildman–Crippen MR) is 63.9 cm³/mol. The second-order valence-corrected chi connectivity index (χ2v) is 5.24. The van der Waals surface area contributed by atoms with Crippen molar-refractivity contribution in [3.05, 3.63) is 16.3 Å². The van der Waals surface area contributed by atoms with E-state index in [-0.39, 0.29) is 5.91 Å². The van der Waals surface area contributed by atoms with Crippen LogP contribution in [0.15, 0.2) is 11.4 Å². The number of ether oxygens (including phenoxy) is 2. The number of hydrogen-bond donors (Lipinski definition) is 1. The van der Waals surface area contributed by atoms with Crippen LogP contribution in [-0.4, -0.2) is 42.9 Å². The van der Waals surface area contributed by atoms with Gasteiger partial charge in [0, 0.05) is 24.0 Å². The van der Waals surface area contributed by atoms with Crippen molar-refractivity contribution in [1.29, 1.82) is 0 Å². The lowest BCUT2D eigenvalue weighted by molar-refractivity contribution is -0.143. The van der Waals surface area contributed by atoms with Crippen LogP contribution < -0.4 is 5.73 Å². The van der Waals surface area contributed by atoms with E-state index in [1.807, 2.05) is 0 Å².